The number of primary amides is 1. The van der Waals surface area contributed by atoms with Gasteiger partial charge in [0.25, 0.3) is 5.91 Å². The van der Waals surface area contributed by atoms with Gasteiger partial charge in [0.05, 0.1) is 7.11 Å². The van der Waals surface area contributed by atoms with Crippen molar-refractivity contribution in [2.75, 3.05) is 20.3 Å². The summed E-state index contributed by atoms with van der Waals surface area (Å²) in [6, 6.07) is 6.87. The number of benzene rings is 1. The van der Waals surface area contributed by atoms with Gasteiger partial charge in [-0.3, -0.25) is 4.79 Å². The molecule has 17 heavy (non-hydrogen) atoms. The number of para-hydroxylation sites is 2. The van der Waals surface area contributed by atoms with Crippen molar-refractivity contribution in [1.82, 2.24) is 0 Å². The summed E-state index contributed by atoms with van der Waals surface area (Å²) < 4.78 is 14.7. The molecule has 0 saturated heterocycles. The Kier molecular flexibility index (Phi) is 4.80. The fraction of sp³-hybridized carbons (Fsp3) is 0.273. The van der Waals surface area contributed by atoms with Crippen molar-refractivity contribution in [2.45, 2.75) is 0 Å². The minimum absolute atomic E-state index is 0.312. The fourth-order valence-electron chi connectivity index (χ4n) is 1.07. The van der Waals surface area contributed by atoms with E-state index in [1.165, 1.54) is 7.11 Å². The van der Waals surface area contributed by atoms with Crippen LogP contribution in [0.2, 0.25) is 0 Å². The van der Waals surface area contributed by atoms with Gasteiger partial charge in [-0.05, 0) is 12.1 Å². The highest BCUT2D eigenvalue weighted by atomic mass is 16.6. The second-order valence-electron chi connectivity index (χ2n) is 3.07. The van der Waals surface area contributed by atoms with E-state index in [0.29, 0.717) is 11.5 Å². The summed E-state index contributed by atoms with van der Waals surface area (Å²) in [6.45, 7) is -0.762. The van der Waals surface area contributed by atoms with Crippen LogP contribution in [0, 0.1) is 0 Å². The molecular formula is C11H13NO5. The molecule has 0 saturated carbocycles. The van der Waals surface area contributed by atoms with Crippen LogP contribution in [0.1, 0.15) is 0 Å². The van der Waals surface area contributed by atoms with Gasteiger partial charge in [0.2, 0.25) is 0 Å². The molecule has 6 heteroatoms. The van der Waals surface area contributed by atoms with Crippen LogP contribution in [0.4, 0.5) is 0 Å². The zero-order valence-electron chi connectivity index (χ0n) is 9.34. The van der Waals surface area contributed by atoms with Crippen molar-refractivity contribution in [3.8, 4) is 11.5 Å². The van der Waals surface area contributed by atoms with Crippen LogP contribution in [0.3, 0.4) is 0 Å². The predicted octanol–water partition coefficient (Wildman–Crippen LogP) is 0.102. The summed E-state index contributed by atoms with van der Waals surface area (Å²) in [5.41, 5.74) is 4.82. The van der Waals surface area contributed by atoms with Crippen LogP contribution >= 0.6 is 0 Å². The number of carbonyl (C=O) groups excluding carboxylic acids is 2. The van der Waals surface area contributed by atoms with Crippen LogP contribution in [-0.2, 0) is 14.3 Å². The SMILES string of the molecule is COc1ccccc1OCC(=O)OCC(N)=O. The van der Waals surface area contributed by atoms with E-state index >= 15 is 0 Å². The van der Waals surface area contributed by atoms with Gasteiger partial charge in [-0.25, -0.2) is 4.79 Å². The number of rotatable bonds is 6. The molecule has 1 aromatic rings. The average molecular weight is 239 g/mol. The molecule has 0 radical (unpaired) electrons. The first-order valence-corrected chi connectivity index (χ1v) is 4.83. The molecule has 0 fully saturated rings. The molecule has 6 nitrogen and oxygen atoms in total. The molecule has 0 aliphatic heterocycles. The van der Waals surface area contributed by atoms with Gasteiger partial charge < -0.3 is 19.9 Å². The maximum absolute atomic E-state index is 11.1. The van der Waals surface area contributed by atoms with Crippen molar-refractivity contribution in [3.63, 3.8) is 0 Å². The standard InChI is InChI=1S/C11H13NO5/c1-15-8-4-2-3-5-9(8)16-7-11(14)17-6-10(12)13/h2-5H,6-7H2,1H3,(H2,12,13). The minimum atomic E-state index is -0.712. The van der Waals surface area contributed by atoms with Gasteiger partial charge in [-0.1, -0.05) is 12.1 Å². The monoisotopic (exact) mass is 239 g/mol. The number of ether oxygens (including phenoxy) is 3. The Hall–Kier alpha value is -2.24. The largest absolute Gasteiger partial charge is 0.493 e. The normalized spacial score (nSPS) is 9.47. The van der Waals surface area contributed by atoms with Gasteiger partial charge >= 0.3 is 5.97 Å². The van der Waals surface area contributed by atoms with Crippen LogP contribution in [0.5, 0.6) is 11.5 Å². The van der Waals surface area contributed by atoms with Crippen molar-refractivity contribution in [2.24, 2.45) is 5.73 Å². The van der Waals surface area contributed by atoms with E-state index in [1.54, 1.807) is 24.3 Å². The van der Waals surface area contributed by atoms with Crippen LogP contribution in [-0.4, -0.2) is 32.2 Å². The molecule has 0 unspecified atom stereocenters. The first kappa shape index (κ1) is 12.8. The van der Waals surface area contributed by atoms with Crippen molar-refractivity contribution in [3.05, 3.63) is 24.3 Å². The molecule has 92 valence electrons. The maximum atomic E-state index is 11.1. The van der Waals surface area contributed by atoms with Crippen LogP contribution in [0.15, 0.2) is 24.3 Å². The minimum Gasteiger partial charge on any atom is -0.493 e. The van der Waals surface area contributed by atoms with E-state index in [1.807, 2.05) is 0 Å². The van der Waals surface area contributed by atoms with Gasteiger partial charge in [0.15, 0.2) is 24.7 Å². The molecule has 2 N–H and O–H groups in total. The second kappa shape index (κ2) is 6.37. The van der Waals surface area contributed by atoms with Gasteiger partial charge in [0.1, 0.15) is 0 Å². The fourth-order valence-corrected chi connectivity index (χ4v) is 1.07. The summed E-state index contributed by atoms with van der Waals surface area (Å²) in [5.74, 6) is -0.452. The molecule has 0 bridgehead atoms. The lowest BCUT2D eigenvalue weighted by atomic mass is 10.3. The summed E-state index contributed by atoms with van der Waals surface area (Å²) in [4.78, 5) is 21.5. The second-order valence-corrected chi connectivity index (χ2v) is 3.07. The van der Waals surface area contributed by atoms with Crippen LogP contribution < -0.4 is 15.2 Å². The lowest BCUT2D eigenvalue weighted by molar-refractivity contribution is -0.149. The molecule has 0 atom stereocenters. The van der Waals surface area contributed by atoms with Crippen molar-refractivity contribution >= 4 is 11.9 Å². The van der Waals surface area contributed by atoms with Gasteiger partial charge in [0, 0.05) is 0 Å². The highest BCUT2D eigenvalue weighted by Crippen LogP contribution is 2.25. The lowest BCUT2D eigenvalue weighted by Crippen LogP contribution is -2.23. The molecule has 0 aliphatic rings. The van der Waals surface area contributed by atoms with E-state index < -0.39 is 18.5 Å². The van der Waals surface area contributed by atoms with Crippen molar-refractivity contribution < 1.29 is 23.8 Å². The van der Waals surface area contributed by atoms with Crippen molar-refractivity contribution in [1.29, 1.82) is 0 Å². The van der Waals surface area contributed by atoms with E-state index in [4.69, 9.17) is 15.2 Å². The van der Waals surface area contributed by atoms with Crippen LogP contribution in [0.25, 0.3) is 0 Å². The summed E-state index contributed by atoms with van der Waals surface area (Å²) in [7, 11) is 1.49. The average Bonchev–Trinajstić information content (AvgIpc) is 2.34. The zero-order chi connectivity index (χ0) is 12.7. The zero-order valence-corrected chi connectivity index (χ0v) is 9.34. The molecule has 1 aromatic carbocycles. The van der Waals surface area contributed by atoms with E-state index in [2.05, 4.69) is 4.74 Å². The molecule has 1 rings (SSSR count). The Bertz CT molecular complexity index is 405. The number of esters is 1. The molecule has 0 aromatic heterocycles. The first-order chi connectivity index (χ1) is 8.13. The topological polar surface area (TPSA) is 87.8 Å². The molecule has 0 spiro atoms. The Morgan fingerprint density at radius 1 is 1.18 bits per heavy atom. The van der Waals surface area contributed by atoms with E-state index in [0.717, 1.165) is 0 Å². The number of hydrogen-bond acceptors (Lipinski definition) is 5. The number of carbonyl (C=O) groups is 2. The molecule has 1 amide bonds. The third-order valence-corrected chi connectivity index (χ3v) is 1.79. The third kappa shape index (κ3) is 4.42. The lowest BCUT2D eigenvalue weighted by Gasteiger charge is -2.09. The molecule has 0 aliphatic carbocycles. The Labute approximate surface area is 98.3 Å². The van der Waals surface area contributed by atoms with E-state index in [9.17, 15) is 9.59 Å². The smallest absolute Gasteiger partial charge is 0.344 e. The predicted molar refractivity (Wildman–Crippen MR) is 58.6 cm³/mol. The summed E-state index contributed by atoms with van der Waals surface area (Å²) in [6.07, 6.45) is 0. The molecule has 0 heterocycles. The Morgan fingerprint density at radius 3 is 2.41 bits per heavy atom. The summed E-state index contributed by atoms with van der Waals surface area (Å²) in [5, 5.41) is 0. The Balaban J connectivity index is 2.44. The Morgan fingerprint density at radius 2 is 1.82 bits per heavy atom. The maximum Gasteiger partial charge on any atom is 0.344 e. The first-order valence-electron chi connectivity index (χ1n) is 4.83. The molecular weight excluding hydrogens is 226 g/mol. The number of amides is 1. The summed E-state index contributed by atoms with van der Waals surface area (Å²) >= 11 is 0. The van der Waals surface area contributed by atoms with Gasteiger partial charge in [-0.2, -0.15) is 0 Å². The number of nitrogens with two attached hydrogens (primary N) is 1. The highest BCUT2D eigenvalue weighted by Gasteiger charge is 2.08. The number of hydrogen-bond donors (Lipinski definition) is 1. The van der Waals surface area contributed by atoms with E-state index in [-0.39, 0.29) is 6.61 Å². The third-order valence-electron chi connectivity index (χ3n) is 1.79. The highest BCUT2D eigenvalue weighted by molar-refractivity contribution is 5.79. The van der Waals surface area contributed by atoms with Gasteiger partial charge in [-0.15, -0.1) is 0 Å². The number of methoxy groups -OCH3 is 1. The quantitative estimate of drug-likeness (QED) is 0.711.